The zero-order valence-corrected chi connectivity index (χ0v) is 18.2. The summed E-state index contributed by atoms with van der Waals surface area (Å²) in [6.45, 7) is 5.95. The molecule has 1 aromatic heterocycles. The molecule has 4 rings (SSSR count). The number of imide groups is 1. The number of hydrogen-bond donors (Lipinski definition) is 1. The van der Waals surface area contributed by atoms with Crippen LogP contribution in [0.15, 0.2) is 22.7 Å². The van der Waals surface area contributed by atoms with Crippen LogP contribution in [0.5, 0.6) is 0 Å². The summed E-state index contributed by atoms with van der Waals surface area (Å²) in [5.41, 5.74) is 2.10. The fourth-order valence-electron chi connectivity index (χ4n) is 4.46. The predicted molar refractivity (Wildman–Crippen MR) is 114 cm³/mol. The number of fused-ring (bicyclic) bond motifs is 1. The highest BCUT2D eigenvalue weighted by atomic mass is 16.5. The Morgan fingerprint density at radius 3 is 2.48 bits per heavy atom. The maximum Gasteiger partial charge on any atom is 0.260 e. The Labute approximate surface area is 181 Å². The molecular formula is C23H28N4O4. The van der Waals surface area contributed by atoms with Crippen molar-refractivity contribution < 1.29 is 18.9 Å². The Morgan fingerprint density at radius 2 is 1.87 bits per heavy atom. The van der Waals surface area contributed by atoms with E-state index in [0.717, 1.165) is 31.2 Å². The standard InChI is InChI=1S/C23H28N4O4/c1-13(2)20-25-21(31-26-20)17-10-6-7-14(3)19(17)24-18(28)11-12-27-22(29)15-8-4-5-9-16(15)23(27)30/h6-7,10,13,15-16H,4-5,8-9,11-12H2,1-3H3,(H,24,28). The van der Waals surface area contributed by atoms with Crippen molar-refractivity contribution in [2.75, 3.05) is 11.9 Å². The molecule has 164 valence electrons. The number of aryl methyl sites for hydroxylation is 1. The Hall–Kier alpha value is -3.03. The first-order valence-electron chi connectivity index (χ1n) is 11.0. The summed E-state index contributed by atoms with van der Waals surface area (Å²) in [6.07, 6.45) is 3.56. The molecule has 2 heterocycles. The summed E-state index contributed by atoms with van der Waals surface area (Å²) in [5, 5.41) is 6.92. The highest BCUT2D eigenvalue weighted by molar-refractivity contribution is 6.05. The van der Waals surface area contributed by atoms with Gasteiger partial charge in [0.25, 0.3) is 5.89 Å². The molecule has 1 saturated carbocycles. The first kappa shape index (κ1) is 21.2. The molecule has 2 atom stereocenters. The van der Waals surface area contributed by atoms with Gasteiger partial charge < -0.3 is 9.84 Å². The topological polar surface area (TPSA) is 105 Å². The van der Waals surface area contributed by atoms with Crippen molar-refractivity contribution in [1.29, 1.82) is 0 Å². The van der Waals surface area contributed by atoms with Crippen molar-refractivity contribution in [1.82, 2.24) is 15.0 Å². The van der Waals surface area contributed by atoms with Gasteiger partial charge in [0.15, 0.2) is 5.82 Å². The quantitative estimate of drug-likeness (QED) is 0.709. The molecule has 2 unspecified atom stereocenters. The second-order valence-electron chi connectivity index (χ2n) is 8.73. The van der Waals surface area contributed by atoms with Crippen molar-refractivity contribution in [3.8, 4) is 11.5 Å². The zero-order chi connectivity index (χ0) is 22.1. The van der Waals surface area contributed by atoms with E-state index in [1.165, 1.54) is 4.90 Å². The van der Waals surface area contributed by atoms with Crippen LogP contribution in [-0.4, -0.2) is 39.3 Å². The lowest BCUT2D eigenvalue weighted by atomic mass is 9.81. The van der Waals surface area contributed by atoms with Gasteiger partial charge in [-0.3, -0.25) is 19.3 Å². The normalized spacial score (nSPS) is 21.0. The molecule has 0 bridgehead atoms. The number of nitrogens with one attached hydrogen (secondary N) is 1. The van der Waals surface area contributed by atoms with Crippen LogP contribution in [0.3, 0.4) is 0 Å². The van der Waals surface area contributed by atoms with E-state index in [9.17, 15) is 14.4 Å². The van der Waals surface area contributed by atoms with Gasteiger partial charge in [0.1, 0.15) is 0 Å². The molecule has 1 aliphatic carbocycles. The summed E-state index contributed by atoms with van der Waals surface area (Å²) >= 11 is 0. The van der Waals surface area contributed by atoms with Crippen molar-refractivity contribution in [3.05, 3.63) is 29.6 Å². The van der Waals surface area contributed by atoms with Crippen LogP contribution < -0.4 is 5.32 Å². The van der Waals surface area contributed by atoms with E-state index in [0.29, 0.717) is 23.0 Å². The van der Waals surface area contributed by atoms with Crippen LogP contribution in [0.1, 0.15) is 63.3 Å². The van der Waals surface area contributed by atoms with E-state index in [1.807, 2.05) is 39.0 Å². The number of nitrogens with zero attached hydrogens (tertiary/aromatic N) is 3. The fourth-order valence-corrected chi connectivity index (χ4v) is 4.46. The van der Waals surface area contributed by atoms with Crippen LogP contribution in [0.2, 0.25) is 0 Å². The fraction of sp³-hybridized carbons (Fsp3) is 0.522. The molecule has 2 aromatic rings. The summed E-state index contributed by atoms with van der Waals surface area (Å²) in [5.74, 6) is 0.171. The first-order chi connectivity index (χ1) is 14.9. The van der Waals surface area contributed by atoms with E-state index in [1.54, 1.807) is 0 Å². The van der Waals surface area contributed by atoms with Gasteiger partial charge in [0.2, 0.25) is 17.7 Å². The lowest BCUT2D eigenvalue weighted by Crippen LogP contribution is -2.34. The number of likely N-dealkylation sites (tertiary alicyclic amines) is 1. The third-order valence-electron chi connectivity index (χ3n) is 6.22. The number of hydrogen-bond acceptors (Lipinski definition) is 6. The smallest absolute Gasteiger partial charge is 0.260 e. The molecule has 3 amide bonds. The SMILES string of the molecule is Cc1cccc(-c2nc(C(C)C)no2)c1NC(=O)CCN1C(=O)C2CCCCC2C1=O. The Balaban J connectivity index is 1.45. The molecule has 2 aliphatic rings. The highest BCUT2D eigenvalue weighted by Crippen LogP contribution is 2.38. The monoisotopic (exact) mass is 424 g/mol. The van der Waals surface area contributed by atoms with Gasteiger partial charge in [-0.25, -0.2) is 0 Å². The van der Waals surface area contributed by atoms with Gasteiger partial charge >= 0.3 is 0 Å². The summed E-state index contributed by atoms with van der Waals surface area (Å²) in [6, 6.07) is 5.57. The van der Waals surface area contributed by atoms with Gasteiger partial charge in [0, 0.05) is 18.9 Å². The molecule has 31 heavy (non-hydrogen) atoms. The molecule has 8 nitrogen and oxygen atoms in total. The van der Waals surface area contributed by atoms with Crippen LogP contribution in [0.4, 0.5) is 5.69 Å². The summed E-state index contributed by atoms with van der Waals surface area (Å²) < 4.78 is 5.40. The van der Waals surface area contributed by atoms with Crippen LogP contribution in [-0.2, 0) is 14.4 Å². The van der Waals surface area contributed by atoms with Crippen molar-refractivity contribution in [2.24, 2.45) is 11.8 Å². The first-order valence-corrected chi connectivity index (χ1v) is 11.0. The third-order valence-corrected chi connectivity index (χ3v) is 6.22. The summed E-state index contributed by atoms with van der Waals surface area (Å²) in [4.78, 5) is 43.7. The number of amides is 3. The third kappa shape index (κ3) is 4.11. The van der Waals surface area contributed by atoms with Crippen LogP contribution >= 0.6 is 0 Å². The minimum absolute atomic E-state index is 0.0474. The molecule has 1 N–H and O–H groups in total. The van der Waals surface area contributed by atoms with E-state index in [4.69, 9.17) is 4.52 Å². The number of carbonyl (C=O) groups excluding carboxylic acids is 3. The number of carbonyl (C=O) groups is 3. The van der Waals surface area contributed by atoms with Crippen LogP contribution in [0, 0.1) is 18.8 Å². The summed E-state index contributed by atoms with van der Waals surface area (Å²) in [7, 11) is 0. The minimum Gasteiger partial charge on any atom is -0.334 e. The van der Waals surface area contributed by atoms with E-state index in [2.05, 4.69) is 15.5 Å². The number of rotatable bonds is 6. The maximum absolute atomic E-state index is 12.7. The lowest BCUT2D eigenvalue weighted by molar-refractivity contribution is -0.140. The predicted octanol–water partition coefficient (Wildman–Crippen LogP) is 3.67. The molecule has 1 saturated heterocycles. The van der Waals surface area contributed by atoms with Gasteiger partial charge in [0.05, 0.1) is 23.1 Å². The molecule has 1 aromatic carbocycles. The minimum atomic E-state index is -0.269. The Morgan fingerprint density at radius 1 is 1.19 bits per heavy atom. The van der Waals surface area contributed by atoms with Gasteiger partial charge in [-0.2, -0.15) is 4.98 Å². The number of anilines is 1. The highest BCUT2D eigenvalue weighted by Gasteiger charge is 2.47. The van der Waals surface area contributed by atoms with Crippen molar-refractivity contribution in [2.45, 2.75) is 58.8 Å². The van der Waals surface area contributed by atoms with Gasteiger partial charge in [-0.1, -0.05) is 44.0 Å². The van der Waals surface area contributed by atoms with Crippen molar-refractivity contribution in [3.63, 3.8) is 0 Å². The number of benzene rings is 1. The average molecular weight is 425 g/mol. The van der Waals surface area contributed by atoms with Crippen LogP contribution in [0.25, 0.3) is 11.5 Å². The van der Waals surface area contributed by atoms with E-state index in [-0.39, 0.29) is 48.4 Å². The van der Waals surface area contributed by atoms with E-state index >= 15 is 0 Å². The maximum atomic E-state index is 12.7. The molecule has 0 spiro atoms. The molecule has 8 heteroatoms. The molecule has 0 radical (unpaired) electrons. The molecular weight excluding hydrogens is 396 g/mol. The lowest BCUT2D eigenvalue weighted by Gasteiger charge is -2.19. The van der Waals surface area contributed by atoms with E-state index < -0.39 is 0 Å². The van der Waals surface area contributed by atoms with Gasteiger partial charge in [-0.05, 0) is 31.4 Å². The Bertz CT molecular complexity index is 989. The second-order valence-corrected chi connectivity index (χ2v) is 8.73. The zero-order valence-electron chi connectivity index (χ0n) is 18.2. The van der Waals surface area contributed by atoms with Gasteiger partial charge in [-0.15, -0.1) is 0 Å². The molecule has 1 aliphatic heterocycles. The largest absolute Gasteiger partial charge is 0.334 e. The Kier molecular flexibility index (Phi) is 5.89. The molecule has 2 fully saturated rings. The van der Waals surface area contributed by atoms with Crippen molar-refractivity contribution >= 4 is 23.4 Å². The average Bonchev–Trinajstić information content (AvgIpc) is 3.33. The number of aromatic nitrogens is 2. The number of para-hydroxylation sites is 1. The second kappa shape index (κ2) is 8.61.